The van der Waals surface area contributed by atoms with Crippen LogP contribution in [0.4, 0.5) is 5.95 Å². The van der Waals surface area contributed by atoms with Crippen LogP contribution in [0.25, 0.3) is 33.6 Å². The van der Waals surface area contributed by atoms with Gasteiger partial charge in [0.2, 0.25) is 17.7 Å². The summed E-state index contributed by atoms with van der Waals surface area (Å²) < 4.78 is 30.0. The van der Waals surface area contributed by atoms with E-state index in [1.165, 1.54) is 10.8 Å². The Labute approximate surface area is 190 Å². The Kier molecular flexibility index (Phi) is 5.75. The molecule has 4 aromatic rings. The SMILES string of the molecule is Cc1nnc(-c2ccc(C)c(-c3cc4cnc(NC(C)CS(C)(=O)=O)nc4n(C)c3=O)c2)o1. The number of sulfone groups is 1. The second-order valence-corrected chi connectivity index (χ2v) is 10.4. The third-order valence-corrected chi connectivity index (χ3v) is 6.28. The summed E-state index contributed by atoms with van der Waals surface area (Å²) in [5.74, 6) is 1.04. The zero-order valence-corrected chi connectivity index (χ0v) is 19.8. The lowest BCUT2D eigenvalue weighted by Gasteiger charge is -2.14. The number of benzene rings is 1. The number of hydrogen-bond acceptors (Lipinski definition) is 9. The van der Waals surface area contributed by atoms with E-state index in [1.807, 2.05) is 25.1 Å². The van der Waals surface area contributed by atoms with E-state index >= 15 is 0 Å². The van der Waals surface area contributed by atoms with Crippen LogP contribution < -0.4 is 10.9 Å². The molecule has 0 bridgehead atoms. The molecule has 172 valence electrons. The van der Waals surface area contributed by atoms with Crippen LogP contribution >= 0.6 is 0 Å². The van der Waals surface area contributed by atoms with Crippen LogP contribution in [0.1, 0.15) is 18.4 Å². The highest BCUT2D eigenvalue weighted by Crippen LogP contribution is 2.28. The first-order valence-electron chi connectivity index (χ1n) is 10.2. The Balaban J connectivity index is 1.76. The molecule has 0 aliphatic carbocycles. The van der Waals surface area contributed by atoms with Gasteiger partial charge >= 0.3 is 0 Å². The van der Waals surface area contributed by atoms with Crippen molar-refractivity contribution in [3.05, 3.63) is 52.3 Å². The summed E-state index contributed by atoms with van der Waals surface area (Å²) in [6, 6.07) is 7.00. The van der Waals surface area contributed by atoms with Crippen molar-refractivity contribution < 1.29 is 12.8 Å². The first kappa shape index (κ1) is 22.6. The lowest BCUT2D eigenvalue weighted by molar-refractivity contribution is 0.533. The van der Waals surface area contributed by atoms with Crippen molar-refractivity contribution in [1.82, 2.24) is 24.7 Å². The molecule has 0 amide bonds. The van der Waals surface area contributed by atoms with Crippen molar-refractivity contribution in [2.75, 3.05) is 17.3 Å². The highest BCUT2D eigenvalue weighted by atomic mass is 32.2. The zero-order chi connectivity index (χ0) is 23.9. The third kappa shape index (κ3) is 4.77. The van der Waals surface area contributed by atoms with Gasteiger partial charge in [-0.2, -0.15) is 4.98 Å². The standard InChI is InChI=1S/C22H24N6O4S/c1-12-6-7-15(20-27-26-14(3)32-20)8-17(12)18-9-16-10-23-22(24-13(2)11-33(5,30)31)25-19(16)28(4)21(18)29/h6-10,13H,11H2,1-5H3,(H,23,24,25). The third-order valence-electron chi connectivity index (χ3n) is 5.18. The average molecular weight is 469 g/mol. The molecule has 1 atom stereocenters. The molecule has 10 nitrogen and oxygen atoms in total. The van der Waals surface area contributed by atoms with Crippen LogP contribution in [0.5, 0.6) is 0 Å². The Morgan fingerprint density at radius 2 is 1.91 bits per heavy atom. The minimum Gasteiger partial charge on any atom is -0.421 e. The van der Waals surface area contributed by atoms with Gasteiger partial charge in [0.1, 0.15) is 15.5 Å². The smallest absolute Gasteiger partial charge is 0.259 e. The van der Waals surface area contributed by atoms with Crippen LogP contribution in [0.3, 0.4) is 0 Å². The van der Waals surface area contributed by atoms with Crippen LogP contribution in [0, 0.1) is 13.8 Å². The summed E-state index contributed by atoms with van der Waals surface area (Å²) in [4.78, 5) is 22.0. The number of pyridine rings is 1. The first-order chi connectivity index (χ1) is 15.5. The van der Waals surface area contributed by atoms with Crippen molar-refractivity contribution in [3.8, 4) is 22.6 Å². The molecule has 0 fully saturated rings. The fourth-order valence-electron chi connectivity index (χ4n) is 3.68. The van der Waals surface area contributed by atoms with E-state index in [9.17, 15) is 13.2 Å². The van der Waals surface area contributed by atoms with Crippen LogP contribution in [0.15, 0.2) is 39.7 Å². The molecule has 0 saturated heterocycles. The van der Waals surface area contributed by atoms with E-state index < -0.39 is 9.84 Å². The minimum absolute atomic E-state index is 0.0541. The molecule has 1 aromatic carbocycles. The van der Waals surface area contributed by atoms with E-state index in [-0.39, 0.29) is 23.3 Å². The first-order valence-corrected chi connectivity index (χ1v) is 12.3. The molecule has 0 aliphatic heterocycles. The fourth-order valence-corrected chi connectivity index (χ4v) is 4.68. The number of aryl methyl sites for hydroxylation is 3. The normalized spacial score (nSPS) is 12.8. The van der Waals surface area contributed by atoms with Crippen LogP contribution in [-0.2, 0) is 16.9 Å². The molecular weight excluding hydrogens is 444 g/mol. The molecule has 0 saturated carbocycles. The van der Waals surface area contributed by atoms with E-state index in [1.54, 1.807) is 33.2 Å². The fraction of sp³-hybridized carbons (Fsp3) is 0.318. The van der Waals surface area contributed by atoms with E-state index in [0.29, 0.717) is 33.9 Å². The number of aromatic nitrogens is 5. The van der Waals surface area contributed by atoms with Gasteiger partial charge in [-0.1, -0.05) is 6.07 Å². The van der Waals surface area contributed by atoms with Gasteiger partial charge in [-0.25, -0.2) is 13.4 Å². The molecule has 11 heteroatoms. The number of fused-ring (bicyclic) bond motifs is 1. The second kappa shape index (κ2) is 8.39. The van der Waals surface area contributed by atoms with Crippen molar-refractivity contribution in [3.63, 3.8) is 0 Å². The van der Waals surface area contributed by atoms with Crippen LogP contribution in [-0.4, -0.2) is 51.2 Å². The molecule has 0 radical (unpaired) electrons. The zero-order valence-electron chi connectivity index (χ0n) is 18.9. The highest BCUT2D eigenvalue weighted by Gasteiger charge is 2.16. The lowest BCUT2D eigenvalue weighted by Crippen LogP contribution is -2.26. The van der Waals surface area contributed by atoms with Crippen LogP contribution in [0.2, 0.25) is 0 Å². The Bertz CT molecular complexity index is 1520. The monoisotopic (exact) mass is 468 g/mol. The number of anilines is 1. The predicted molar refractivity (Wildman–Crippen MR) is 126 cm³/mol. The molecular formula is C22H24N6O4S. The molecule has 33 heavy (non-hydrogen) atoms. The molecule has 3 heterocycles. The molecule has 3 aromatic heterocycles. The van der Waals surface area contributed by atoms with Crippen molar-refractivity contribution in [2.24, 2.45) is 7.05 Å². The number of rotatable bonds is 6. The van der Waals surface area contributed by atoms with Gasteiger partial charge in [-0.15, -0.1) is 10.2 Å². The van der Waals surface area contributed by atoms with Crippen molar-refractivity contribution in [1.29, 1.82) is 0 Å². The van der Waals surface area contributed by atoms with Crippen molar-refractivity contribution in [2.45, 2.75) is 26.8 Å². The molecule has 1 N–H and O–H groups in total. The van der Waals surface area contributed by atoms with Gasteiger partial charge in [0.25, 0.3) is 5.56 Å². The summed E-state index contributed by atoms with van der Waals surface area (Å²) in [5.41, 5.74) is 3.09. The lowest BCUT2D eigenvalue weighted by atomic mass is 9.98. The Morgan fingerprint density at radius 3 is 2.58 bits per heavy atom. The van der Waals surface area contributed by atoms with Gasteiger partial charge in [0, 0.05) is 49.0 Å². The summed E-state index contributed by atoms with van der Waals surface area (Å²) in [7, 11) is -1.51. The summed E-state index contributed by atoms with van der Waals surface area (Å²) in [6.45, 7) is 5.38. The number of nitrogens with zero attached hydrogens (tertiary/aromatic N) is 5. The predicted octanol–water partition coefficient (Wildman–Crippen LogP) is 2.51. The maximum Gasteiger partial charge on any atom is 0.259 e. The second-order valence-electron chi connectivity index (χ2n) is 8.19. The van der Waals surface area contributed by atoms with Gasteiger partial charge in [0.15, 0.2) is 0 Å². The van der Waals surface area contributed by atoms with Gasteiger partial charge < -0.3 is 9.73 Å². The summed E-state index contributed by atoms with van der Waals surface area (Å²) in [5, 5.41) is 11.6. The maximum absolute atomic E-state index is 13.3. The van der Waals surface area contributed by atoms with Gasteiger partial charge in [-0.3, -0.25) is 9.36 Å². The molecule has 1 unspecified atom stereocenters. The van der Waals surface area contributed by atoms with Gasteiger partial charge in [-0.05, 0) is 43.2 Å². The molecule has 0 aliphatic rings. The topological polar surface area (TPSA) is 133 Å². The number of hydrogen-bond donors (Lipinski definition) is 1. The molecule has 0 spiro atoms. The van der Waals surface area contributed by atoms with E-state index in [2.05, 4.69) is 25.5 Å². The quantitative estimate of drug-likeness (QED) is 0.453. The van der Waals surface area contributed by atoms with E-state index in [4.69, 9.17) is 4.42 Å². The largest absolute Gasteiger partial charge is 0.421 e. The summed E-state index contributed by atoms with van der Waals surface area (Å²) >= 11 is 0. The highest BCUT2D eigenvalue weighted by molar-refractivity contribution is 7.90. The summed E-state index contributed by atoms with van der Waals surface area (Å²) in [6.07, 6.45) is 2.79. The average Bonchev–Trinajstić information content (AvgIpc) is 3.16. The molecule has 4 rings (SSSR count). The van der Waals surface area contributed by atoms with Gasteiger partial charge in [0.05, 0.1) is 5.75 Å². The van der Waals surface area contributed by atoms with Crippen molar-refractivity contribution >= 4 is 26.8 Å². The van der Waals surface area contributed by atoms with E-state index in [0.717, 1.165) is 11.1 Å². The number of nitrogens with one attached hydrogen (secondary N) is 1. The Hall–Kier alpha value is -3.60. The minimum atomic E-state index is -3.15. The Morgan fingerprint density at radius 1 is 1.15 bits per heavy atom. The maximum atomic E-state index is 13.3.